The minimum Gasteiger partial charge on any atom is -0.497 e. The second-order valence-electron chi connectivity index (χ2n) is 7.44. The van der Waals surface area contributed by atoms with Crippen molar-refractivity contribution in [3.05, 3.63) is 41.1 Å². The highest BCUT2D eigenvalue weighted by Gasteiger charge is 2.52. The molecule has 6 rings (SSSR count). The molecule has 3 saturated heterocycles. The topological polar surface area (TPSA) is 48.5 Å². The number of nitrogens with zero attached hydrogens (tertiary/aromatic N) is 1. The van der Waals surface area contributed by atoms with Crippen LogP contribution < -0.4 is 4.74 Å². The van der Waals surface area contributed by atoms with Gasteiger partial charge in [0.15, 0.2) is 0 Å². The van der Waals surface area contributed by atoms with E-state index in [1.54, 1.807) is 7.11 Å². The zero-order valence-electron chi connectivity index (χ0n) is 14.2. The normalized spacial score (nSPS) is 35.5. The average molecular weight is 324 g/mol. The van der Waals surface area contributed by atoms with Gasteiger partial charge in [0.1, 0.15) is 5.75 Å². The molecule has 4 aliphatic rings. The van der Waals surface area contributed by atoms with Crippen molar-refractivity contribution in [2.24, 2.45) is 11.8 Å². The van der Waals surface area contributed by atoms with Gasteiger partial charge in [-0.05, 0) is 49.4 Å². The van der Waals surface area contributed by atoms with E-state index in [9.17, 15) is 5.11 Å². The molecule has 0 saturated carbocycles. The highest BCUT2D eigenvalue weighted by molar-refractivity contribution is 5.86. The minimum atomic E-state index is 0.289. The number of H-pyrrole nitrogens is 1. The molecule has 1 aromatic heterocycles. The summed E-state index contributed by atoms with van der Waals surface area (Å²) >= 11 is 0. The molecule has 4 aliphatic heterocycles. The third-order valence-electron chi connectivity index (χ3n) is 6.63. The fourth-order valence-electron chi connectivity index (χ4n) is 5.47. The summed E-state index contributed by atoms with van der Waals surface area (Å²) in [6.07, 6.45) is 4.42. The maximum atomic E-state index is 10.1. The number of aromatic nitrogens is 1. The summed E-state index contributed by atoms with van der Waals surface area (Å²) in [6, 6.07) is 7.24. The molecule has 126 valence electrons. The van der Waals surface area contributed by atoms with Crippen molar-refractivity contribution in [1.29, 1.82) is 0 Å². The summed E-state index contributed by atoms with van der Waals surface area (Å²) in [5.74, 6) is 1.82. The predicted octanol–water partition coefficient (Wildman–Crippen LogP) is 3.03. The van der Waals surface area contributed by atoms with Crippen molar-refractivity contribution in [1.82, 2.24) is 9.88 Å². The van der Waals surface area contributed by atoms with Crippen LogP contribution >= 0.6 is 0 Å². The predicted molar refractivity (Wildman–Crippen MR) is 94.2 cm³/mol. The first kappa shape index (κ1) is 14.6. The van der Waals surface area contributed by atoms with Crippen LogP contribution in [-0.2, 0) is 6.42 Å². The maximum absolute atomic E-state index is 10.1. The zero-order chi connectivity index (χ0) is 16.4. The standard InChI is InChI=1S/C20H24N2O2/c1-3-11-9-22-18-8-15-14-6-12(24-2)4-5-17(14)21-20(15)19(22)7-13(11)16(18)10-23/h3-6,13,16,18-19,21,23H,7-10H2,1-2H3/b11-3+. The Kier molecular flexibility index (Phi) is 3.10. The van der Waals surface area contributed by atoms with Gasteiger partial charge >= 0.3 is 0 Å². The quantitative estimate of drug-likeness (QED) is 0.835. The summed E-state index contributed by atoms with van der Waals surface area (Å²) in [4.78, 5) is 6.32. The molecule has 5 atom stereocenters. The van der Waals surface area contributed by atoms with Gasteiger partial charge in [-0.15, -0.1) is 0 Å². The Balaban J connectivity index is 1.66. The van der Waals surface area contributed by atoms with E-state index >= 15 is 0 Å². The Morgan fingerprint density at radius 1 is 1.42 bits per heavy atom. The highest BCUT2D eigenvalue weighted by Crippen LogP contribution is 2.54. The highest BCUT2D eigenvalue weighted by atomic mass is 16.5. The molecule has 3 fully saturated rings. The molecule has 4 bridgehead atoms. The van der Waals surface area contributed by atoms with Crippen LogP contribution in [0, 0.1) is 11.8 Å². The van der Waals surface area contributed by atoms with Gasteiger partial charge in [-0.25, -0.2) is 0 Å². The number of methoxy groups -OCH3 is 1. The number of piperidine rings is 3. The number of allylic oxidation sites excluding steroid dienone is 1. The lowest BCUT2D eigenvalue weighted by Crippen LogP contribution is -2.60. The van der Waals surface area contributed by atoms with Gasteiger partial charge in [0.05, 0.1) is 13.2 Å². The van der Waals surface area contributed by atoms with Crippen molar-refractivity contribution >= 4 is 10.9 Å². The average Bonchev–Trinajstić information content (AvgIpc) is 2.99. The fourth-order valence-corrected chi connectivity index (χ4v) is 5.47. The Bertz CT molecular complexity index is 838. The van der Waals surface area contributed by atoms with Crippen molar-refractivity contribution in [3.63, 3.8) is 0 Å². The van der Waals surface area contributed by atoms with Gasteiger partial charge in [-0.2, -0.15) is 0 Å². The zero-order valence-corrected chi connectivity index (χ0v) is 14.2. The third kappa shape index (κ3) is 1.76. The van der Waals surface area contributed by atoms with Crippen LogP contribution in [0.15, 0.2) is 29.8 Å². The number of aromatic amines is 1. The van der Waals surface area contributed by atoms with Crippen molar-refractivity contribution in [2.45, 2.75) is 31.8 Å². The van der Waals surface area contributed by atoms with E-state index in [2.05, 4.69) is 35.0 Å². The van der Waals surface area contributed by atoms with Gasteiger partial charge in [0.25, 0.3) is 0 Å². The Hall–Kier alpha value is -1.78. The van der Waals surface area contributed by atoms with E-state index in [-0.39, 0.29) is 6.61 Å². The molecular weight excluding hydrogens is 300 g/mol. The summed E-state index contributed by atoms with van der Waals surface area (Å²) < 4.78 is 5.43. The second kappa shape index (κ2) is 5.11. The van der Waals surface area contributed by atoms with Crippen LogP contribution in [0.1, 0.15) is 30.6 Å². The second-order valence-corrected chi connectivity index (χ2v) is 7.44. The summed E-state index contributed by atoms with van der Waals surface area (Å²) in [6.45, 7) is 3.49. The first-order valence-electron chi connectivity index (χ1n) is 8.95. The van der Waals surface area contributed by atoms with E-state index < -0.39 is 0 Å². The Morgan fingerprint density at radius 2 is 2.29 bits per heavy atom. The molecule has 0 spiro atoms. The molecule has 24 heavy (non-hydrogen) atoms. The molecule has 0 radical (unpaired) electrons. The Morgan fingerprint density at radius 3 is 3.04 bits per heavy atom. The number of aliphatic hydroxyl groups is 1. The number of benzene rings is 1. The molecule has 1 aromatic carbocycles. The van der Waals surface area contributed by atoms with Gasteiger partial charge < -0.3 is 14.8 Å². The SMILES string of the molecule is C/C=C1\CN2C3CC1C(CO)C2Cc1c3[nH]c2ccc(OC)cc12. The third-order valence-corrected chi connectivity index (χ3v) is 6.63. The van der Waals surface area contributed by atoms with Crippen molar-refractivity contribution < 1.29 is 9.84 Å². The van der Waals surface area contributed by atoms with Crippen LogP contribution in [0.5, 0.6) is 5.75 Å². The molecule has 4 heteroatoms. The Labute approximate surface area is 142 Å². The van der Waals surface area contributed by atoms with Crippen molar-refractivity contribution in [3.8, 4) is 5.75 Å². The molecule has 5 heterocycles. The van der Waals surface area contributed by atoms with Crippen LogP contribution in [0.2, 0.25) is 0 Å². The molecule has 2 aromatic rings. The summed E-state index contributed by atoms with van der Waals surface area (Å²) in [7, 11) is 1.72. The number of fused-ring (bicyclic) bond motifs is 4. The van der Waals surface area contributed by atoms with Crippen molar-refractivity contribution in [2.75, 3.05) is 20.3 Å². The molecule has 2 N–H and O–H groups in total. The number of hydrogen-bond acceptors (Lipinski definition) is 3. The van der Waals surface area contributed by atoms with Gasteiger partial charge in [-0.3, -0.25) is 4.90 Å². The van der Waals surface area contributed by atoms with E-state index in [0.717, 1.165) is 25.1 Å². The first-order valence-corrected chi connectivity index (χ1v) is 8.95. The maximum Gasteiger partial charge on any atom is 0.119 e. The van der Waals surface area contributed by atoms with Crippen LogP contribution in [-0.4, -0.2) is 41.3 Å². The monoisotopic (exact) mass is 324 g/mol. The molecule has 4 nitrogen and oxygen atoms in total. The van der Waals surface area contributed by atoms with Gasteiger partial charge in [0, 0.05) is 41.7 Å². The smallest absolute Gasteiger partial charge is 0.119 e. The van der Waals surface area contributed by atoms with Crippen LogP contribution in [0.3, 0.4) is 0 Å². The van der Waals surface area contributed by atoms with Gasteiger partial charge in [-0.1, -0.05) is 11.6 Å². The first-order chi connectivity index (χ1) is 11.7. The molecule has 5 unspecified atom stereocenters. The van der Waals surface area contributed by atoms with Crippen LogP contribution in [0.4, 0.5) is 0 Å². The summed E-state index contributed by atoms with van der Waals surface area (Å²) in [5, 5.41) is 11.3. The molecular formula is C20H24N2O2. The van der Waals surface area contributed by atoms with Crippen LogP contribution in [0.25, 0.3) is 10.9 Å². The summed E-state index contributed by atoms with van der Waals surface area (Å²) in [5.41, 5.74) is 5.56. The largest absolute Gasteiger partial charge is 0.497 e. The van der Waals surface area contributed by atoms with E-state index in [1.807, 2.05) is 6.07 Å². The van der Waals surface area contributed by atoms with Gasteiger partial charge in [0.2, 0.25) is 0 Å². The number of nitrogens with one attached hydrogen (secondary N) is 1. The number of ether oxygens (including phenoxy) is 1. The minimum absolute atomic E-state index is 0.289. The number of rotatable bonds is 2. The molecule has 0 amide bonds. The van der Waals surface area contributed by atoms with E-state index in [4.69, 9.17) is 4.74 Å². The van der Waals surface area contributed by atoms with E-state index in [0.29, 0.717) is 23.9 Å². The lowest BCUT2D eigenvalue weighted by atomic mass is 9.64. The number of hydrogen-bond donors (Lipinski definition) is 2. The lowest BCUT2D eigenvalue weighted by molar-refractivity contribution is -0.0503. The van der Waals surface area contributed by atoms with E-state index in [1.165, 1.54) is 27.7 Å². The lowest BCUT2D eigenvalue weighted by Gasteiger charge is -2.58. The fraction of sp³-hybridized carbons (Fsp3) is 0.500. The number of aliphatic hydroxyl groups excluding tert-OH is 1. The molecule has 0 aliphatic carbocycles.